The van der Waals surface area contributed by atoms with E-state index in [-0.39, 0.29) is 45.0 Å². The lowest BCUT2D eigenvalue weighted by Gasteiger charge is -2.10. The molecular weight excluding hydrogens is 542 g/mol. The van der Waals surface area contributed by atoms with E-state index < -0.39 is 42.3 Å². The van der Waals surface area contributed by atoms with Gasteiger partial charge < -0.3 is 8.83 Å². The first-order valence-corrected chi connectivity index (χ1v) is 14.0. The van der Waals surface area contributed by atoms with Gasteiger partial charge in [-0.2, -0.15) is 0 Å². The maximum atomic E-state index is 9.04. The first-order valence-electron chi connectivity index (χ1n) is 17.5. The summed E-state index contributed by atoms with van der Waals surface area (Å²) < 4.78 is 72.4. The Morgan fingerprint density at radius 1 is 0.432 bits per heavy atom. The normalized spacial score (nSPS) is 13.9. The van der Waals surface area contributed by atoms with Gasteiger partial charge in [0.05, 0.1) is 15.2 Å². The van der Waals surface area contributed by atoms with Crippen molar-refractivity contribution >= 4 is 43.9 Å². The fourth-order valence-corrected chi connectivity index (χ4v) is 5.57. The number of hydrogen-bond donors (Lipinski definition) is 0. The number of furan rings is 2. The highest BCUT2D eigenvalue weighted by Gasteiger charge is 2.18. The highest BCUT2D eigenvalue weighted by atomic mass is 16.3. The Morgan fingerprint density at radius 2 is 1.14 bits per heavy atom. The molecule has 6 aromatic carbocycles. The third-order valence-corrected chi connectivity index (χ3v) is 7.66. The summed E-state index contributed by atoms with van der Waals surface area (Å²) in [5, 5.41) is 1.82. The van der Waals surface area contributed by atoms with Gasteiger partial charge in [0.2, 0.25) is 0 Å². The minimum Gasteiger partial charge on any atom is -0.456 e. The second kappa shape index (κ2) is 9.75. The summed E-state index contributed by atoms with van der Waals surface area (Å²) >= 11 is 0. The van der Waals surface area contributed by atoms with E-state index in [1.807, 2.05) is 97.1 Å². The molecule has 0 bridgehead atoms. The fraction of sp³-hybridized carbons (Fsp3) is 0. The van der Waals surface area contributed by atoms with E-state index in [9.17, 15) is 0 Å². The average Bonchev–Trinajstić information content (AvgIpc) is 3.75. The minimum atomic E-state index is -0.499. The van der Waals surface area contributed by atoms with Crippen LogP contribution in [0.25, 0.3) is 89.2 Å². The van der Waals surface area contributed by atoms with Gasteiger partial charge in [0.1, 0.15) is 22.3 Å². The van der Waals surface area contributed by atoms with Crippen molar-refractivity contribution in [2.24, 2.45) is 0 Å². The zero-order chi connectivity index (χ0) is 35.1. The van der Waals surface area contributed by atoms with Crippen molar-refractivity contribution in [3.63, 3.8) is 0 Å². The molecule has 3 aromatic heterocycles. The molecule has 9 aromatic rings. The van der Waals surface area contributed by atoms with Crippen LogP contribution in [0.5, 0.6) is 0 Å². The van der Waals surface area contributed by atoms with Gasteiger partial charge in [-0.25, -0.2) is 15.0 Å². The summed E-state index contributed by atoms with van der Waals surface area (Å²) in [5.41, 5.74) is 4.23. The Bertz CT molecular complexity index is 2900. The van der Waals surface area contributed by atoms with E-state index in [0.29, 0.717) is 16.7 Å². The summed E-state index contributed by atoms with van der Waals surface area (Å²) in [6.45, 7) is 0. The zero-order valence-corrected chi connectivity index (χ0v) is 22.9. The molecule has 9 rings (SSSR count). The molecule has 0 spiro atoms. The molecule has 0 saturated heterocycles. The third-order valence-electron chi connectivity index (χ3n) is 7.66. The molecule has 0 aliphatic carbocycles. The zero-order valence-electron chi connectivity index (χ0n) is 29.9. The smallest absolute Gasteiger partial charge is 0.167 e. The maximum Gasteiger partial charge on any atom is 0.167 e. The lowest BCUT2D eigenvalue weighted by molar-refractivity contribution is 0.668. The Labute approximate surface area is 261 Å². The summed E-state index contributed by atoms with van der Waals surface area (Å²) in [6.07, 6.45) is 0. The standard InChI is InChI=1S/C39H23N3O2/c1-2-10-24(11-3-1)25-12-8-13-26(22-25)37-40-38(27-20-21-30-28-14-4-6-18-33(28)43-35(30)23-27)42-39(41-37)32-17-9-16-31-29-15-5-7-19-34(29)44-36(31)32/h1-23H/i5D,7D,9D,15D,16D,17D,19D. The van der Waals surface area contributed by atoms with Gasteiger partial charge >= 0.3 is 0 Å². The van der Waals surface area contributed by atoms with Crippen LogP contribution in [0.3, 0.4) is 0 Å². The van der Waals surface area contributed by atoms with E-state index >= 15 is 0 Å². The molecule has 44 heavy (non-hydrogen) atoms. The van der Waals surface area contributed by atoms with Gasteiger partial charge in [-0.3, -0.25) is 0 Å². The number of nitrogens with zero attached hydrogens (tertiary/aromatic N) is 3. The fourth-order valence-electron chi connectivity index (χ4n) is 5.57. The first kappa shape index (κ1) is 18.5. The Hall–Kier alpha value is -6.07. The van der Waals surface area contributed by atoms with Crippen LogP contribution in [0.15, 0.2) is 148 Å². The number of hydrogen-bond acceptors (Lipinski definition) is 5. The molecule has 5 heteroatoms. The van der Waals surface area contributed by atoms with Crippen LogP contribution in [0.2, 0.25) is 0 Å². The highest BCUT2D eigenvalue weighted by Crippen LogP contribution is 2.37. The Morgan fingerprint density at radius 3 is 2.05 bits per heavy atom. The molecule has 0 fully saturated rings. The lowest BCUT2D eigenvalue weighted by atomic mass is 10.0. The third kappa shape index (κ3) is 3.98. The van der Waals surface area contributed by atoms with Crippen molar-refractivity contribution in [1.29, 1.82) is 0 Å². The molecule has 0 saturated carbocycles. The van der Waals surface area contributed by atoms with E-state index in [2.05, 4.69) is 0 Å². The van der Waals surface area contributed by atoms with Gasteiger partial charge in [0.15, 0.2) is 17.5 Å². The van der Waals surface area contributed by atoms with Crippen LogP contribution >= 0.6 is 0 Å². The molecule has 5 nitrogen and oxygen atoms in total. The summed E-state index contributed by atoms with van der Waals surface area (Å²) in [7, 11) is 0. The minimum absolute atomic E-state index is 0.0220. The second-order valence-electron chi connectivity index (χ2n) is 10.3. The van der Waals surface area contributed by atoms with Crippen LogP contribution in [-0.4, -0.2) is 15.0 Å². The molecule has 3 heterocycles. The molecule has 206 valence electrons. The lowest BCUT2D eigenvalue weighted by Crippen LogP contribution is -2.00. The topological polar surface area (TPSA) is 65.0 Å². The summed E-state index contributed by atoms with van der Waals surface area (Å²) in [5.74, 6) is 0.492. The summed E-state index contributed by atoms with van der Waals surface area (Å²) in [6, 6.07) is 27.8. The molecule has 0 aliphatic heterocycles. The van der Waals surface area contributed by atoms with E-state index in [4.69, 9.17) is 33.4 Å². The van der Waals surface area contributed by atoms with Gasteiger partial charge in [-0.1, -0.05) is 103 Å². The quantitative estimate of drug-likeness (QED) is 0.210. The Kier molecular flexibility index (Phi) is 4.09. The van der Waals surface area contributed by atoms with Crippen LogP contribution in [0.1, 0.15) is 9.60 Å². The largest absolute Gasteiger partial charge is 0.456 e. The van der Waals surface area contributed by atoms with Crippen LogP contribution in [0, 0.1) is 0 Å². The van der Waals surface area contributed by atoms with Gasteiger partial charge in [0, 0.05) is 32.7 Å². The number of aromatic nitrogens is 3. The second-order valence-corrected chi connectivity index (χ2v) is 10.3. The maximum absolute atomic E-state index is 9.04. The van der Waals surface area contributed by atoms with Crippen LogP contribution < -0.4 is 0 Å². The van der Waals surface area contributed by atoms with Crippen molar-refractivity contribution < 1.29 is 18.4 Å². The first-order chi connectivity index (χ1) is 24.7. The van der Waals surface area contributed by atoms with Crippen molar-refractivity contribution in [1.82, 2.24) is 15.0 Å². The highest BCUT2D eigenvalue weighted by molar-refractivity contribution is 6.09. The molecular formula is C39H23N3O2. The molecule has 0 aliphatic rings. The number of fused-ring (bicyclic) bond motifs is 6. The van der Waals surface area contributed by atoms with E-state index in [0.717, 1.165) is 27.5 Å². The molecule has 0 atom stereocenters. The van der Waals surface area contributed by atoms with Gasteiger partial charge in [-0.05, 0) is 47.5 Å². The SMILES string of the molecule is [2H]c1c([2H])c([2H])c2c(oc3c(-c4nc(-c5cccc(-c6ccccc6)c5)nc(-c5ccc6c(c5)oc5ccccc56)n4)c([2H])c([2H])c([2H])c32)c1[2H]. The molecule has 0 N–H and O–H groups in total. The van der Waals surface area contributed by atoms with Gasteiger partial charge in [0.25, 0.3) is 0 Å². The predicted molar refractivity (Wildman–Crippen MR) is 176 cm³/mol. The van der Waals surface area contributed by atoms with Crippen molar-refractivity contribution in [3.05, 3.63) is 139 Å². The van der Waals surface area contributed by atoms with E-state index in [1.54, 1.807) is 0 Å². The van der Waals surface area contributed by atoms with Crippen molar-refractivity contribution in [3.8, 4) is 45.3 Å². The number of benzene rings is 6. The van der Waals surface area contributed by atoms with Crippen molar-refractivity contribution in [2.45, 2.75) is 0 Å². The van der Waals surface area contributed by atoms with Crippen molar-refractivity contribution in [2.75, 3.05) is 0 Å². The average molecular weight is 573 g/mol. The molecule has 0 radical (unpaired) electrons. The molecule has 0 amide bonds. The predicted octanol–water partition coefficient (Wildman–Crippen LogP) is 10.3. The van der Waals surface area contributed by atoms with Gasteiger partial charge in [-0.15, -0.1) is 0 Å². The Balaban J connectivity index is 1.34. The number of rotatable bonds is 4. The van der Waals surface area contributed by atoms with Crippen LogP contribution in [0.4, 0.5) is 0 Å². The van der Waals surface area contributed by atoms with E-state index in [1.165, 1.54) is 0 Å². The number of para-hydroxylation sites is 3. The monoisotopic (exact) mass is 572 g/mol. The molecule has 0 unspecified atom stereocenters. The van der Waals surface area contributed by atoms with Crippen LogP contribution in [-0.2, 0) is 0 Å². The summed E-state index contributed by atoms with van der Waals surface area (Å²) in [4.78, 5) is 14.5.